The molecule has 0 bridgehead atoms. The van der Waals surface area contributed by atoms with Gasteiger partial charge in [-0.2, -0.15) is 0 Å². The third-order valence-corrected chi connectivity index (χ3v) is 5.95. The Morgan fingerprint density at radius 1 is 1.11 bits per heavy atom. The fourth-order valence-electron chi connectivity index (χ4n) is 2.49. The molecule has 0 N–H and O–H groups in total. The summed E-state index contributed by atoms with van der Waals surface area (Å²) in [7, 11) is -3.88. The maximum Gasteiger partial charge on any atom is 0.338 e. The normalized spacial score (nSPS) is 13.0. The minimum atomic E-state index is -3.88. The lowest BCUT2D eigenvalue weighted by atomic mass is 10.1. The average Bonchev–Trinajstić information content (AvgIpc) is 2.59. The van der Waals surface area contributed by atoms with Crippen LogP contribution in [0.5, 0.6) is 0 Å². The molecule has 0 heterocycles. The molecule has 0 fully saturated rings. The second-order valence-corrected chi connectivity index (χ2v) is 9.30. The lowest BCUT2D eigenvalue weighted by molar-refractivity contribution is -0.385. The second kappa shape index (κ2) is 7.48. The van der Waals surface area contributed by atoms with Crippen LogP contribution in [0.4, 0.5) is 5.69 Å². The highest BCUT2D eigenvalue weighted by molar-refractivity contribution is 7.91. The molecular weight excluding hydrogens is 370 g/mol. The zero-order chi connectivity index (χ0) is 20.4. The van der Waals surface area contributed by atoms with E-state index < -0.39 is 31.6 Å². The minimum absolute atomic E-state index is 0.0504. The highest BCUT2D eigenvalue weighted by Gasteiger charge is 2.32. The summed E-state index contributed by atoms with van der Waals surface area (Å²) >= 11 is 0. The van der Waals surface area contributed by atoms with Gasteiger partial charge >= 0.3 is 5.97 Å². The first kappa shape index (κ1) is 20.6. The first-order chi connectivity index (χ1) is 12.4. The van der Waals surface area contributed by atoms with E-state index in [0.29, 0.717) is 0 Å². The molecule has 144 valence electrons. The number of carbonyl (C=O) groups excluding carboxylic acids is 1. The first-order valence-corrected chi connectivity index (χ1v) is 9.79. The Morgan fingerprint density at radius 3 is 2.22 bits per heavy atom. The Bertz CT molecular complexity index is 961. The number of esters is 1. The number of sulfone groups is 1. The molecule has 0 amide bonds. The van der Waals surface area contributed by atoms with E-state index in [4.69, 9.17) is 4.74 Å². The third-order valence-electron chi connectivity index (χ3n) is 3.83. The first-order valence-electron chi connectivity index (χ1n) is 8.24. The Kier molecular flexibility index (Phi) is 5.70. The summed E-state index contributed by atoms with van der Waals surface area (Å²) in [6.07, 6.45) is 0. The van der Waals surface area contributed by atoms with Crippen LogP contribution in [-0.4, -0.2) is 24.9 Å². The van der Waals surface area contributed by atoms with Crippen molar-refractivity contribution in [2.45, 2.75) is 43.4 Å². The molecular formula is C19H21NO6S. The molecule has 1 unspecified atom stereocenters. The molecule has 2 aromatic carbocycles. The van der Waals surface area contributed by atoms with E-state index in [1.54, 1.807) is 39.0 Å². The van der Waals surface area contributed by atoms with E-state index in [1.165, 1.54) is 31.2 Å². The summed E-state index contributed by atoms with van der Waals surface area (Å²) in [4.78, 5) is 23.1. The number of carbonyl (C=O) groups is 1. The molecule has 0 aliphatic heterocycles. The van der Waals surface area contributed by atoms with Gasteiger partial charge in [-0.15, -0.1) is 0 Å². The minimum Gasteiger partial charge on any atom is -0.456 e. The van der Waals surface area contributed by atoms with Gasteiger partial charge in [-0.05, 0) is 52.0 Å². The fraction of sp³-hybridized carbons (Fsp3) is 0.316. The molecule has 0 aliphatic rings. The molecule has 7 nitrogen and oxygen atoms in total. The van der Waals surface area contributed by atoms with Crippen LogP contribution >= 0.6 is 0 Å². The van der Waals surface area contributed by atoms with Gasteiger partial charge in [0, 0.05) is 11.6 Å². The van der Waals surface area contributed by atoms with Crippen LogP contribution in [0.2, 0.25) is 0 Å². The summed E-state index contributed by atoms with van der Waals surface area (Å²) < 4.78 is 31.0. The van der Waals surface area contributed by atoms with Crippen molar-refractivity contribution in [3.8, 4) is 0 Å². The number of nitro benzene ring substituents is 1. The van der Waals surface area contributed by atoms with Crippen molar-refractivity contribution in [2.75, 3.05) is 0 Å². The molecule has 2 aromatic rings. The van der Waals surface area contributed by atoms with Crippen molar-refractivity contribution in [1.29, 1.82) is 0 Å². The zero-order valence-corrected chi connectivity index (χ0v) is 16.3. The van der Waals surface area contributed by atoms with Crippen LogP contribution in [0.15, 0.2) is 53.4 Å². The zero-order valence-electron chi connectivity index (χ0n) is 15.5. The maximum absolute atomic E-state index is 12.9. The highest BCUT2D eigenvalue weighted by atomic mass is 32.2. The van der Waals surface area contributed by atoms with Gasteiger partial charge in [-0.25, -0.2) is 13.2 Å². The quantitative estimate of drug-likeness (QED) is 0.432. The number of benzene rings is 2. The lowest BCUT2D eigenvalue weighted by Gasteiger charge is -2.20. The summed E-state index contributed by atoms with van der Waals surface area (Å²) in [5.41, 5.74) is -1.12. The Hall–Kier alpha value is -2.74. The van der Waals surface area contributed by atoms with Gasteiger partial charge in [-0.3, -0.25) is 10.1 Å². The molecule has 0 spiro atoms. The van der Waals surface area contributed by atoms with E-state index in [2.05, 4.69) is 0 Å². The van der Waals surface area contributed by atoms with Gasteiger partial charge in [0.25, 0.3) is 5.69 Å². The largest absolute Gasteiger partial charge is 0.456 e. The third kappa shape index (κ3) is 4.71. The van der Waals surface area contributed by atoms with Crippen LogP contribution in [0.3, 0.4) is 0 Å². The number of nitro groups is 1. The predicted molar refractivity (Wildman–Crippen MR) is 100 cm³/mol. The number of nitrogens with zero attached hydrogens (tertiary/aromatic N) is 1. The predicted octanol–water partition coefficient (Wildman–Crippen LogP) is 4.09. The van der Waals surface area contributed by atoms with Crippen LogP contribution in [-0.2, 0) is 14.6 Å². The van der Waals surface area contributed by atoms with Crippen molar-refractivity contribution in [3.63, 3.8) is 0 Å². The molecule has 0 aromatic heterocycles. The lowest BCUT2D eigenvalue weighted by Crippen LogP contribution is -2.24. The maximum atomic E-state index is 12.9. The van der Waals surface area contributed by atoms with Gasteiger partial charge in [0.1, 0.15) is 5.60 Å². The second-order valence-electron chi connectivity index (χ2n) is 7.03. The van der Waals surface area contributed by atoms with Gasteiger partial charge in [0.2, 0.25) is 0 Å². The van der Waals surface area contributed by atoms with Crippen molar-refractivity contribution in [2.24, 2.45) is 0 Å². The standard InChI is InChI=1S/C19H21NO6S/c1-13(27(24,25)15-8-6-5-7-9-15)16-12-14(10-11-17(16)20(22)23)18(21)26-19(2,3)4/h5-13H,1-4H3. The smallest absolute Gasteiger partial charge is 0.338 e. The van der Waals surface area contributed by atoms with Crippen LogP contribution in [0.25, 0.3) is 0 Å². The summed E-state index contributed by atoms with van der Waals surface area (Å²) in [5, 5.41) is 10.2. The molecule has 0 radical (unpaired) electrons. The molecule has 1 atom stereocenters. The Morgan fingerprint density at radius 2 is 1.70 bits per heavy atom. The number of rotatable bonds is 5. The number of hydrogen-bond donors (Lipinski definition) is 0. The van der Waals surface area contributed by atoms with Crippen LogP contribution in [0.1, 0.15) is 48.9 Å². The molecule has 0 saturated heterocycles. The van der Waals surface area contributed by atoms with Crippen molar-refractivity contribution >= 4 is 21.5 Å². The van der Waals surface area contributed by atoms with E-state index in [0.717, 1.165) is 6.07 Å². The van der Waals surface area contributed by atoms with Crippen molar-refractivity contribution < 1.29 is 22.9 Å². The number of hydrogen-bond acceptors (Lipinski definition) is 6. The Labute approximate surface area is 158 Å². The molecule has 8 heteroatoms. The van der Waals surface area contributed by atoms with Gasteiger partial charge < -0.3 is 4.74 Å². The monoisotopic (exact) mass is 391 g/mol. The van der Waals surface area contributed by atoms with Gasteiger partial charge in [0.05, 0.1) is 20.6 Å². The average molecular weight is 391 g/mol. The van der Waals surface area contributed by atoms with Crippen molar-refractivity contribution in [1.82, 2.24) is 0 Å². The number of ether oxygens (including phenoxy) is 1. The molecule has 0 saturated carbocycles. The highest BCUT2D eigenvalue weighted by Crippen LogP contribution is 2.35. The van der Waals surface area contributed by atoms with Gasteiger partial charge in [0.15, 0.2) is 9.84 Å². The molecule has 27 heavy (non-hydrogen) atoms. The summed E-state index contributed by atoms with van der Waals surface area (Å²) in [6, 6.07) is 11.3. The molecule has 2 rings (SSSR count). The van der Waals surface area contributed by atoms with Crippen LogP contribution < -0.4 is 0 Å². The van der Waals surface area contributed by atoms with E-state index in [-0.39, 0.29) is 21.7 Å². The van der Waals surface area contributed by atoms with E-state index >= 15 is 0 Å². The SMILES string of the molecule is CC(c1cc(C(=O)OC(C)(C)C)ccc1[N+](=O)[O-])S(=O)(=O)c1ccccc1. The van der Waals surface area contributed by atoms with E-state index in [1.807, 2.05) is 0 Å². The topological polar surface area (TPSA) is 104 Å². The van der Waals surface area contributed by atoms with Crippen molar-refractivity contribution in [3.05, 3.63) is 69.8 Å². The van der Waals surface area contributed by atoms with E-state index in [9.17, 15) is 23.3 Å². The van der Waals surface area contributed by atoms with Crippen LogP contribution in [0, 0.1) is 10.1 Å². The summed E-state index contributed by atoms with van der Waals surface area (Å²) in [6.45, 7) is 6.45. The fourth-order valence-corrected chi connectivity index (χ4v) is 3.96. The van der Waals surface area contributed by atoms with Gasteiger partial charge in [-0.1, -0.05) is 18.2 Å². The molecule has 0 aliphatic carbocycles. The summed E-state index contributed by atoms with van der Waals surface area (Å²) in [5.74, 6) is -0.678. The Balaban J connectivity index is 2.55.